The molecule has 10 heteroatoms. The number of fused-ring (bicyclic) bond motifs is 2. The topological polar surface area (TPSA) is 78.7 Å². The summed E-state index contributed by atoms with van der Waals surface area (Å²) in [5, 5.41) is 8.65. The van der Waals surface area contributed by atoms with Crippen LogP contribution in [0.25, 0.3) is 16.7 Å². The average molecular weight is 547 g/mol. The normalized spacial score (nSPS) is 18.0. The summed E-state index contributed by atoms with van der Waals surface area (Å²) in [7, 11) is 1.98. The third-order valence-corrected chi connectivity index (χ3v) is 7.49. The Morgan fingerprint density at radius 1 is 0.902 bits per heavy atom. The van der Waals surface area contributed by atoms with Crippen molar-refractivity contribution >= 4 is 29.7 Å². The van der Waals surface area contributed by atoms with Crippen LogP contribution in [-0.4, -0.2) is 59.4 Å². The van der Waals surface area contributed by atoms with Gasteiger partial charge in [-0.05, 0) is 30.3 Å². The standard InChI is InChI=1S/C31H25BFN4O4/c1-32-22-8-4-6-20(16-22)31(21-7-5-9-23(17-21)37-27-11-3-2-10-26(27)34-35-37)40-28-18-24(25(33)19-29(28)41-31)30(38)36-12-14-39-15-13-36/h2-11,16-19H,12-15H2,1H3. The van der Waals surface area contributed by atoms with Crippen molar-refractivity contribution in [1.82, 2.24) is 19.9 Å². The van der Waals surface area contributed by atoms with Crippen LogP contribution in [0.2, 0.25) is 6.82 Å². The monoisotopic (exact) mass is 547 g/mol. The molecule has 1 radical (unpaired) electrons. The zero-order valence-corrected chi connectivity index (χ0v) is 22.3. The second kappa shape index (κ2) is 10.0. The molecule has 1 saturated heterocycles. The van der Waals surface area contributed by atoms with Crippen molar-refractivity contribution in [3.05, 3.63) is 107 Å². The fourth-order valence-corrected chi connectivity index (χ4v) is 5.35. The third kappa shape index (κ3) is 4.31. The number of carbonyl (C=O) groups is 1. The van der Waals surface area contributed by atoms with E-state index in [4.69, 9.17) is 14.2 Å². The Morgan fingerprint density at radius 3 is 2.44 bits per heavy atom. The van der Waals surface area contributed by atoms with Gasteiger partial charge in [0.25, 0.3) is 5.91 Å². The summed E-state index contributed by atoms with van der Waals surface area (Å²) >= 11 is 0. The van der Waals surface area contributed by atoms with Gasteiger partial charge < -0.3 is 19.1 Å². The Kier molecular flexibility index (Phi) is 6.20. The minimum Gasteiger partial charge on any atom is -0.440 e. The fraction of sp³-hybridized carbons (Fsp3) is 0.194. The van der Waals surface area contributed by atoms with E-state index in [0.29, 0.717) is 37.4 Å². The van der Waals surface area contributed by atoms with Crippen LogP contribution < -0.4 is 14.9 Å². The van der Waals surface area contributed by atoms with Gasteiger partial charge in [-0.3, -0.25) is 4.79 Å². The molecule has 8 nitrogen and oxygen atoms in total. The van der Waals surface area contributed by atoms with Crippen LogP contribution in [-0.2, 0) is 10.5 Å². The van der Waals surface area contributed by atoms with Crippen molar-refractivity contribution in [1.29, 1.82) is 0 Å². The molecule has 0 spiro atoms. The molecular formula is C31H25BFN4O4. The lowest BCUT2D eigenvalue weighted by molar-refractivity contribution is -0.0459. The van der Waals surface area contributed by atoms with Crippen LogP contribution in [0.1, 0.15) is 21.5 Å². The van der Waals surface area contributed by atoms with Gasteiger partial charge in [0.15, 0.2) is 11.5 Å². The molecule has 1 atom stereocenters. The van der Waals surface area contributed by atoms with Gasteiger partial charge in [0.2, 0.25) is 0 Å². The Morgan fingerprint density at radius 2 is 1.63 bits per heavy atom. The molecule has 2 aliphatic rings. The van der Waals surface area contributed by atoms with Gasteiger partial charge in [-0.1, -0.05) is 66.0 Å². The summed E-state index contributed by atoms with van der Waals surface area (Å²) in [5.41, 5.74) is 4.66. The summed E-state index contributed by atoms with van der Waals surface area (Å²) in [6.07, 6.45) is 0. The van der Waals surface area contributed by atoms with E-state index in [9.17, 15) is 4.79 Å². The number of morpholine rings is 1. The molecule has 3 heterocycles. The molecule has 4 aromatic carbocycles. The molecule has 5 aromatic rings. The van der Waals surface area contributed by atoms with Crippen molar-refractivity contribution in [3.63, 3.8) is 0 Å². The van der Waals surface area contributed by atoms with E-state index in [1.165, 1.54) is 12.1 Å². The number of hydrogen-bond acceptors (Lipinski definition) is 6. The van der Waals surface area contributed by atoms with E-state index in [1.54, 1.807) is 9.58 Å². The van der Waals surface area contributed by atoms with Crippen LogP contribution >= 0.6 is 0 Å². The minimum atomic E-state index is -1.44. The number of hydrogen-bond donors (Lipinski definition) is 0. The van der Waals surface area contributed by atoms with Crippen LogP contribution in [0.5, 0.6) is 11.5 Å². The maximum Gasteiger partial charge on any atom is 0.305 e. The van der Waals surface area contributed by atoms with Gasteiger partial charge in [-0.15, -0.1) is 5.10 Å². The summed E-state index contributed by atoms with van der Waals surface area (Å²) in [4.78, 5) is 14.8. The number of amides is 1. The van der Waals surface area contributed by atoms with Gasteiger partial charge in [0.05, 0.1) is 30.0 Å². The Hall–Kier alpha value is -4.70. The molecule has 1 amide bonds. The maximum atomic E-state index is 15.4. The molecule has 0 bridgehead atoms. The van der Waals surface area contributed by atoms with Crippen LogP contribution in [0.4, 0.5) is 4.39 Å². The Labute approximate surface area is 236 Å². The first-order valence-corrected chi connectivity index (χ1v) is 13.5. The minimum absolute atomic E-state index is 0.0662. The number of carbonyl (C=O) groups excluding carboxylic acids is 1. The van der Waals surface area contributed by atoms with Gasteiger partial charge in [0, 0.05) is 30.3 Å². The predicted octanol–water partition coefficient (Wildman–Crippen LogP) is 4.08. The highest BCUT2D eigenvalue weighted by Gasteiger charge is 2.46. The molecule has 203 valence electrons. The van der Waals surface area contributed by atoms with Gasteiger partial charge in [-0.2, -0.15) is 0 Å². The Balaban J connectivity index is 1.34. The molecule has 0 aliphatic carbocycles. The number of ether oxygens (including phenoxy) is 3. The molecule has 0 N–H and O–H groups in total. The average Bonchev–Trinajstić information content (AvgIpc) is 3.63. The number of benzene rings is 4. The van der Waals surface area contributed by atoms with Gasteiger partial charge in [0.1, 0.15) is 18.6 Å². The van der Waals surface area contributed by atoms with E-state index in [1.807, 2.05) is 86.9 Å². The second-order valence-corrected chi connectivity index (χ2v) is 9.96. The quantitative estimate of drug-likeness (QED) is 0.309. The van der Waals surface area contributed by atoms with Crippen molar-refractivity contribution < 1.29 is 23.4 Å². The molecular weight excluding hydrogens is 522 g/mol. The molecule has 0 saturated carbocycles. The molecule has 2 aliphatic heterocycles. The third-order valence-electron chi connectivity index (χ3n) is 7.49. The van der Waals surface area contributed by atoms with Crippen LogP contribution in [0.15, 0.2) is 84.9 Å². The van der Waals surface area contributed by atoms with E-state index in [-0.39, 0.29) is 17.1 Å². The second-order valence-electron chi connectivity index (χ2n) is 9.96. The fourth-order valence-electron chi connectivity index (χ4n) is 5.35. The van der Waals surface area contributed by atoms with E-state index >= 15 is 4.39 Å². The highest BCUT2D eigenvalue weighted by Crippen LogP contribution is 2.48. The molecule has 1 unspecified atom stereocenters. The lowest BCUT2D eigenvalue weighted by Crippen LogP contribution is -2.41. The first-order chi connectivity index (χ1) is 20.1. The summed E-state index contributed by atoms with van der Waals surface area (Å²) < 4.78 is 35.6. The number of rotatable bonds is 5. The van der Waals surface area contributed by atoms with Crippen molar-refractivity contribution in [2.24, 2.45) is 0 Å². The number of para-hydroxylation sites is 1. The molecule has 7 rings (SSSR count). The lowest BCUT2D eigenvalue weighted by Gasteiger charge is -2.29. The van der Waals surface area contributed by atoms with Crippen LogP contribution in [0, 0.1) is 5.82 Å². The molecule has 1 aromatic heterocycles. The van der Waals surface area contributed by atoms with Crippen molar-refractivity contribution in [2.75, 3.05) is 26.3 Å². The number of nitrogens with zero attached hydrogens (tertiary/aromatic N) is 4. The van der Waals surface area contributed by atoms with E-state index in [2.05, 4.69) is 10.3 Å². The predicted molar refractivity (Wildman–Crippen MR) is 152 cm³/mol. The SMILES string of the molecule is C[B]c1cccc(C2(c3cccc(-n4nnc5ccccc54)c3)Oc3cc(F)c(C(=O)N4CCOCC4)cc3O2)c1. The number of halogens is 1. The zero-order chi connectivity index (χ0) is 28.0. The highest BCUT2D eigenvalue weighted by atomic mass is 19.1. The van der Waals surface area contributed by atoms with Gasteiger partial charge in [-0.25, -0.2) is 9.07 Å². The van der Waals surface area contributed by atoms with Crippen molar-refractivity contribution in [3.8, 4) is 17.2 Å². The first-order valence-electron chi connectivity index (χ1n) is 13.5. The first kappa shape index (κ1) is 25.3. The largest absolute Gasteiger partial charge is 0.440 e. The molecule has 1 fully saturated rings. The lowest BCUT2D eigenvalue weighted by atomic mass is 9.72. The summed E-state index contributed by atoms with van der Waals surface area (Å²) in [6, 6.07) is 25.8. The Bertz CT molecular complexity index is 1790. The summed E-state index contributed by atoms with van der Waals surface area (Å²) in [6.45, 7) is 3.60. The van der Waals surface area contributed by atoms with Crippen LogP contribution in [0.3, 0.4) is 0 Å². The number of aromatic nitrogens is 3. The van der Waals surface area contributed by atoms with Gasteiger partial charge >= 0.3 is 5.79 Å². The smallest absolute Gasteiger partial charge is 0.305 e. The van der Waals surface area contributed by atoms with E-state index < -0.39 is 17.5 Å². The molecule has 41 heavy (non-hydrogen) atoms. The van der Waals surface area contributed by atoms with Crippen molar-refractivity contribution in [2.45, 2.75) is 12.6 Å². The highest BCUT2D eigenvalue weighted by molar-refractivity contribution is 6.51. The zero-order valence-electron chi connectivity index (χ0n) is 22.3. The van der Waals surface area contributed by atoms with E-state index in [0.717, 1.165) is 22.2 Å². The summed E-state index contributed by atoms with van der Waals surface area (Å²) in [5.74, 6) is -2.02. The maximum absolute atomic E-state index is 15.4.